The molecule has 1 aliphatic rings. The Morgan fingerprint density at radius 3 is 1.94 bits per heavy atom. The molecule has 3 heterocycles. The number of hydrogen-bond donors (Lipinski definition) is 0. The summed E-state index contributed by atoms with van der Waals surface area (Å²) in [5.41, 5.74) is 12.4. The number of furan rings is 2. The number of fused-ring (bicyclic) bond motifs is 9. The molecule has 234 valence electrons. The highest BCUT2D eigenvalue weighted by atomic mass is 127. The van der Waals surface area contributed by atoms with Crippen molar-refractivity contribution in [3.05, 3.63) is 161 Å². The Morgan fingerprint density at radius 1 is 0.420 bits per heavy atom. The Balaban J connectivity index is 1.10. The fourth-order valence-electron chi connectivity index (χ4n) is 7.93. The molecule has 8 aromatic carbocycles. The van der Waals surface area contributed by atoms with E-state index >= 15 is 0 Å². The van der Waals surface area contributed by atoms with Crippen molar-refractivity contribution in [3.63, 3.8) is 0 Å². The highest BCUT2D eigenvalue weighted by molar-refractivity contribution is 14.2. The summed E-state index contributed by atoms with van der Waals surface area (Å²) < 4.78 is 16.6. The van der Waals surface area contributed by atoms with Gasteiger partial charge in [-0.05, 0) is 83.7 Å². The van der Waals surface area contributed by atoms with Gasteiger partial charge in [-0.25, -0.2) is 0 Å². The van der Waals surface area contributed by atoms with E-state index in [9.17, 15) is 0 Å². The zero-order chi connectivity index (χ0) is 32.8. The number of allylic oxidation sites excluding steroid dienone is 1. The molecule has 0 amide bonds. The molecule has 2 aromatic heterocycles. The van der Waals surface area contributed by atoms with Crippen molar-refractivity contribution in [3.8, 4) is 33.4 Å². The first-order valence-electron chi connectivity index (χ1n) is 16.9. The van der Waals surface area contributed by atoms with Gasteiger partial charge in [-0.15, -0.1) is 0 Å². The summed E-state index contributed by atoms with van der Waals surface area (Å²) in [6, 6.07) is 52.5. The zero-order valence-electron chi connectivity index (χ0n) is 26.8. The lowest BCUT2D eigenvalue weighted by Gasteiger charge is -2.21. The maximum atomic E-state index is 6.39. The van der Waals surface area contributed by atoms with Gasteiger partial charge in [0.1, 0.15) is 22.3 Å². The average molecular weight is 751 g/mol. The van der Waals surface area contributed by atoms with Crippen molar-refractivity contribution in [2.24, 2.45) is 0 Å². The van der Waals surface area contributed by atoms with E-state index in [0.29, 0.717) is 0 Å². The molecule has 0 unspecified atom stereocenters. The van der Waals surface area contributed by atoms with Crippen LogP contribution in [0.5, 0.6) is 0 Å². The third-order valence-electron chi connectivity index (χ3n) is 10.2. The van der Waals surface area contributed by atoms with Gasteiger partial charge in [0.25, 0.3) is 0 Å². The first-order valence-corrected chi connectivity index (χ1v) is 19.2. The van der Waals surface area contributed by atoms with Crippen LogP contribution in [0.4, 0.5) is 0 Å². The maximum Gasteiger partial charge on any atom is 0.143 e. The molecule has 0 radical (unpaired) electrons. The predicted molar refractivity (Wildman–Crippen MR) is 220 cm³/mol. The lowest BCUT2D eigenvalue weighted by atomic mass is 9.87. The third kappa shape index (κ3) is 4.17. The molecule has 1 aliphatic heterocycles. The van der Waals surface area contributed by atoms with Gasteiger partial charge in [0.15, 0.2) is 0 Å². The molecule has 3 heteroatoms. The summed E-state index contributed by atoms with van der Waals surface area (Å²) in [6.07, 6.45) is 4.58. The second kappa shape index (κ2) is 10.9. The van der Waals surface area contributed by atoms with E-state index in [1.165, 1.54) is 52.9 Å². The van der Waals surface area contributed by atoms with Crippen molar-refractivity contribution in [1.29, 1.82) is 0 Å². The van der Waals surface area contributed by atoms with Crippen molar-refractivity contribution in [1.82, 2.24) is 0 Å². The summed E-state index contributed by atoms with van der Waals surface area (Å²) in [5, 5.41) is 9.60. The fraction of sp³-hybridized carbons (Fsp3) is 0. The van der Waals surface area contributed by atoms with E-state index in [1.807, 2.05) is 12.1 Å². The second-order valence-electron chi connectivity index (χ2n) is 13.0. The summed E-state index contributed by atoms with van der Waals surface area (Å²) >= 11 is -0.345. The normalized spacial score (nSPS) is 12.8. The van der Waals surface area contributed by atoms with Crippen molar-refractivity contribution < 1.29 is 8.83 Å². The van der Waals surface area contributed by atoms with Crippen LogP contribution in [0, 0.1) is 3.57 Å². The molecule has 10 aromatic rings. The first-order chi connectivity index (χ1) is 24.8. The lowest BCUT2D eigenvalue weighted by Crippen LogP contribution is -1.98. The van der Waals surface area contributed by atoms with Crippen LogP contribution >= 0.6 is 20.7 Å². The Hall–Kier alpha value is -5.78. The van der Waals surface area contributed by atoms with Crippen LogP contribution in [0.15, 0.2) is 161 Å². The van der Waals surface area contributed by atoms with Gasteiger partial charge in [0, 0.05) is 36.2 Å². The first kappa shape index (κ1) is 28.1. The highest BCUT2D eigenvalue weighted by Gasteiger charge is 2.22. The smallest absolute Gasteiger partial charge is 0.143 e. The predicted octanol–water partition coefficient (Wildman–Crippen LogP) is 13.8. The third-order valence-corrected chi connectivity index (χ3v) is 12.7. The minimum absolute atomic E-state index is 0.345. The number of para-hydroxylation sites is 2. The van der Waals surface area contributed by atoms with Gasteiger partial charge in [0.05, 0.1) is 0 Å². The van der Waals surface area contributed by atoms with Gasteiger partial charge >= 0.3 is 0 Å². The molecule has 0 saturated carbocycles. The largest absolute Gasteiger partial charge is 0.456 e. The van der Waals surface area contributed by atoms with E-state index in [1.54, 1.807) is 0 Å². The summed E-state index contributed by atoms with van der Waals surface area (Å²) in [4.78, 5) is 0. The molecule has 0 spiro atoms. The van der Waals surface area contributed by atoms with Crippen LogP contribution in [0.25, 0.3) is 105 Å². The second-order valence-corrected chi connectivity index (χ2v) is 15.4. The van der Waals surface area contributed by atoms with Gasteiger partial charge in [-0.3, -0.25) is 0 Å². The Bertz CT molecular complexity index is 3080. The molecule has 0 aliphatic carbocycles. The summed E-state index contributed by atoms with van der Waals surface area (Å²) in [6.45, 7) is 0. The Morgan fingerprint density at radius 2 is 1.08 bits per heavy atom. The standard InChI is InChI=1S/C47H27IO2/c1-2-10-31-27-43-40(25-30(31)9-1)39-26-32(22-23-42(39)49-43)44-35-12-3-4-13-36(35)45(46-38(44)16-8-24-48-46)29-20-18-28(19-21-29)33-14-7-15-37-34-11-5-6-17-41(34)50-47(33)37/h1-27H. The van der Waals surface area contributed by atoms with Crippen LogP contribution in [0.1, 0.15) is 5.56 Å². The average Bonchev–Trinajstić information content (AvgIpc) is 3.73. The van der Waals surface area contributed by atoms with Crippen LogP contribution in [0.3, 0.4) is 0 Å². The van der Waals surface area contributed by atoms with Crippen molar-refractivity contribution >= 4 is 96.2 Å². The van der Waals surface area contributed by atoms with Crippen LogP contribution in [-0.2, 0) is 0 Å². The van der Waals surface area contributed by atoms with E-state index in [4.69, 9.17) is 8.83 Å². The van der Waals surface area contributed by atoms with Gasteiger partial charge in [0.2, 0.25) is 0 Å². The lowest BCUT2D eigenvalue weighted by molar-refractivity contribution is 0.669. The molecule has 0 atom stereocenters. The van der Waals surface area contributed by atoms with Gasteiger partial charge in [-0.1, -0.05) is 148 Å². The number of benzene rings is 8. The minimum atomic E-state index is -0.345. The summed E-state index contributed by atoms with van der Waals surface area (Å²) in [7, 11) is 0. The SMILES string of the molecule is C1=Cc2c(c(-c3ccc(-c4cccc5c4oc4ccccc45)cc3)c3ccccc3c2-c2ccc3oc4cc5ccccc5cc4c3c2)I=C1. The topological polar surface area (TPSA) is 26.3 Å². The van der Waals surface area contributed by atoms with E-state index in [2.05, 4.69) is 150 Å². The molecule has 0 fully saturated rings. The molecule has 50 heavy (non-hydrogen) atoms. The van der Waals surface area contributed by atoms with E-state index in [0.717, 1.165) is 55.0 Å². The Kier molecular flexibility index (Phi) is 6.10. The van der Waals surface area contributed by atoms with Crippen LogP contribution in [0.2, 0.25) is 0 Å². The molecule has 0 bridgehead atoms. The molecule has 0 saturated heterocycles. The van der Waals surface area contributed by atoms with E-state index < -0.39 is 0 Å². The van der Waals surface area contributed by atoms with Crippen LogP contribution < -0.4 is 0 Å². The maximum absolute atomic E-state index is 6.39. The molecular weight excluding hydrogens is 723 g/mol. The molecular formula is C47H27IO2. The van der Waals surface area contributed by atoms with Crippen molar-refractivity contribution in [2.75, 3.05) is 0 Å². The van der Waals surface area contributed by atoms with E-state index in [-0.39, 0.29) is 20.7 Å². The van der Waals surface area contributed by atoms with Crippen molar-refractivity contribution in [2.45, 2.75) is 0 Å². The molecule has 11 rings (SSSR count). The number of hydrogen-bond acceptors (Lipinski definition) is 2. The minimum Gasteiger partial charge on any atom is -0.456 e. The Labute approximate surface area is 297 Å². The molecule has 2 nitrogen and oxygen atoms in total. The monoisotopic (exact) mass is 750 g/mol. The fourth-order valence-corrected chi connectivity index (χ4v) is 10.4. The molecule has 0 N–H and O–H groups in total. The van der Waals surface area contributed by atoms with Gasteiger partial charge < -0.3 is 8.83 Å². The number of halogens is 1. The highest BCUT2D eigenvalue weighted by Crippen LogP contribution is 2.47. The van der Waals surface area contributed by atoms with Gasteiger partial charge in [-0.2, -0.15) is 0 Å². The quantitative estimate of drug-likeness (QED) is 0.168. The van der Waals surface area contributed by atoms with Crippen LogP contribution in [-0.4, -0.2) is 4.01 Å². The summed E-state index contributed by atoms with van der Waals surface area (Å²) in [5.74, 6) is 0. The number of rotatable bonds is 3. The zero-order valence-corrected chi connectivity index (χ0v) is 28.9.